The first-order valence-electron chi connectivity index (χ1n) is 10.5. The largest absolute Gasteiger partial charge is 0.370 e. The molecular weight excluding hydrogens is 395 g/mol. The minimum Gasteiger partial charge on any atom is -0.370 e. The molecule has 2 aromatic rings. The molecule has 0 saturated carbocycles. The van der Waals surface area contributed by atoms with E-state index in [1.165, 1.54) is 18.2 Å². The Hall–Kier alpha value is -3.40. The van der Waals surface area contributed by atoms with Gasteiger partial charge < -0.3 is 15.1 Å². The van der Waals surface area contributed by atoms with Gasteiger partial charge in [-0.3, -0.25) is 9.59 Å². The molecule has 1 unspecified atom stereocenters. The number of carbonyl (C=O) groups excluding carboxylic acids is 2. The number of nitriles is 1. The third-order valence-corrected chi connectivity index (χ3v) is 5.51. The minimum atomic E-state index is -0.728. The molecule has 1 aliphatic rings. The fraction of sp³-hybridized carbons (Fsp3) is 0.375. The Bertz CT molecular complexity index is 968. The molecule has 2 aromatic carbocycles. The number of benzene rings is 2. The lowest BCUT2D eigenvalue weighted by Crippen LogP contribution is -2.52. The molecule has 0 bridgehead atoms. The summed E-state index contributed by atoms with van der Waals surface area (Å²) in [6, 6.07) is 14.6. The molecule has 6 nitrogen and oxygen atoms in total. The van der Waals surface area contributed by atoms with Crippen molar-refractivity contribution in [2.45, 2.75) is 26.3 Å². The summed E-state index contributed by atoms with van der Waals surface area (Å²) in [7, 11) is 0. The first-order valence-corrected chi connectivity index (χ1v) is 10.5. The average Bonchev–Trinajstić information content (AvgIpc) is 3.03. The summed E-state index contributed by atoms with van der Waals surface area (Å²) >= 11 is 0. The quantitative estimate of drug-likeness (QED) is 0.803. The SMILES string of the molecule is CC(C)C(NC(=O)c1ccccc1F)C(=O)N1CCCN(c2ccc(C#N)cc2)CC1. The van der Waals surface area contributed by atoms with Gasteiger partial charge >= 0.3 is 0 Å². The van der Waals surface area contributed by atoms with Crippen LogP contribution in [0.2, 0.25) is 0 Å². The van der Waals surface area contributed by atoms with E-state index in [1.54, 1.807) is 23.1 Å². The van der Waals surface area contributed by atoms with E-state index in [0.717, 1.165) is 18.7 Å². The summed E-state index contributed by atoms with van der Waals surface area (Å²) in [5.74, 6) is -1.48. The van der Waals surface area contributed by atoms with E-state index < -0.39 is 17.8 Å². The summed E-state index contributed by atoms with van der Waals surface area (Å²) < 4.78 is 14.0. The topological polar surface area (TPSA) is 76.4 Å². The Labute approximate surface area is 182 Å². The molecule has 0 aromatic heterocycles. The van der Waals surface area contributed by atoms with Gasteiger partial charge in [-0.25, -0.2) is 4.39 Å². The molecule has 1 N–H and O–H groups in total. The zero-order valence-electron chi connectivity index (χ0n) is 17.8. The molecule has 1 fully saturated rings. The standard InChI is InChI=1S/C24H27FN4O2/c1-17(2)22(27-23(30)20-6-3-4-7-21(20)25)24(31)29-13-5-12-28(14-15-29)19-10-8-18(16-26)9-11-19/h3-4,6-11,17,22H,5,12-15H2,1-2H3,(H,27,30). The molecule has 1 saturated heterocycles. The lowest BCUT2D eigenvalue weighted by atomic mass is 10.0. The Kier molecular flexibility index (Phi) is 7.24. The highest BCUT2D eigenvalue weighted by Crippen LogP contribution is 2.18. The molecular formula is C24H27FN4O2. The van der Waals surface area contributed by atoms with E-state index in [9.17, 15) is 14.0 Å². The molecule has 0 spiro atoms. The number of hydrogen-bond acceptors (Lipinski definition) is 4. The molecule has 0 aliphatic carbocycles. The van der Waals surface area contributed by atoms with Crippen molar-refractivity contribution < 1.29 is 14.0 Å². The molecule has 2 amide bonds. The molecule has 7 heteroatoms. The van der Waals surface area contributed by atoms with Gasteiger partial charge in [0.05, 0.1) is 17.2 Å². The number of halogens is 1. The molecule has 1 aliphatic heterocycles. The number of hydrogen-bond donors (Lipinski definition) is 1. The van der Waals surface area contributed by atoms with Crippen LogP contribution >= 0.6 is 0 Å². The number of nitrogens with zero attached hydrogens (tertiary/aromatic N) is 3. The first kappa shape index (κ1) is 22.3. The van der Waals surface area contributed by atoms with Gasteiger partial charge in [-0.05, 0) is 48.7 Å². The third-order valence-electron chi connectivity index (χ3n) is 5.51. The maximum absolute atomic E-state index is 14.0. The zero-order chi connectivity index (χ0) is 22.4. The van der Waals surface area contributed by atoms with Crippen LogP contribution in [-0.2, 0) is 4.79 Å². The summed E-state index contributed by atoms with van der Waals surface area (Å²) in [6.07, 6.45) is 0.790. The predicted octanol–water partition coefficient (Wildman–Crippen LogP) is 3.19. The van der Waals surface area contributed by atoms with Crippen LogP contribution < -0.4 is 10.2 Å². The highest BCUT2D eigenvalue weighted by Gasteiger charge is 2.30. The van der Waals surface area contributed by atoms with E-state index in [-0.39, 0.29) is 17.4 Å². The molecule has 1 heterocycles. The summed E-state index contributed by atoms with van der Waals surface area (Å²) in [5, 5.41) is 11.7. The number of carbonyl (C=O) groups is 2. The van der Waals surface area contributed by atoms with Gasteiger partial charge in [-0.15, -0.1) is 0 Å². The lowest BCUT2D eigenvalue weighted by Gasteiger charge is -2.29. The van der Waals surface area contributed by atoms with Crippen LogP contribution in [0.4, 0.5) is 10.1 Å². The number of anilines is 1. The second kappa shape index (κ2) is 10.1. The van der Waals surface area contributed by atoms with Crippen molar-refractivity contribution in [1.29, 1.82) is 5.26 Å². The van der Waals surface area contributed by atoms with Crippen LogP contribution in [0.5, 0.6) is 0 Å². The number of amides is 2. The van der Waals surface area contributed by atoms with Gasteiger partial charge in [0, 0.05) is 31.9 Å². The van der Waals surface area contributed by atoms with Crippen molar-refractivity contribution in [2.75, 3.05) is 31.1 Å². The van der Waals surface area contributed by atoms with Gasteiger partial charge in [0.2, 0.25) is 5.91 Å². The van der Waals surface area contributed by atoms with Gasteiger partial charge in [0.15, 0.2) is 0 Å². The maximum atomic E-state index is 14.0. The fourth-order valence-corrected chi connectivity index (χ4v) is 3.72. The van der Waals surface area contributed by atoms with Gasteiger partial charge in [0.1, 0.15) is 11.9 Å². The van der Waals surface area contributed by atoms with Crippen LogP contribution in [0, 0.1) is 23.1 Å². The Balaban J connectivity index is 1.67. The zero-order valence-corrected chi connectivity index (χ0v) is 17.8. The van der Waals surface area contributed by atoms with Crippen molar-refractivity contribution in [2.24, 2.45) is 5.92 Å². The number of rotatable bonds is 5. The van der Waals surface area contributed by atoms with Crippen LogP contribution in [0.25, 0.3) is 0 Å². The van der Waals surface area contributed by atoms with Crippen LogP contribution in [0.1, 0.15) is 36.2 Å². The van der Waals surface area contributed by atoms with Crippen molar-refractivity contribution in [1.82, 2.24) is 10.2 Å². The van der Waals surface area contributed by atoms with Gasteiger partial charge in [-0.2, -0.15) is 5.26 Å². The van der Waals surface area contributed by atoms with E-state index in [0.29, 0.717) is 25.2 Å². The predicted molar refractivity (Wildman–Crippen MR) is 117 cm³/mol. The van der Waals surface area contributed by atoms with Crippen LogP contribution in [0.3, 0.4) is 0 Å². The molecule has 3 rings (SSSR count). The smallest absolute Gasteiger partial charge is 0.254 e. The average molecular weight is 423 g/mol. The summed E-state index contributed by atoms with van der Waals surface area (Å²) in [5.41, 5.74) is 1.56. The van der Waals surface area contributed by atoms with E-state index >= 15 is 0 Å². The van der Waals surface area contributed by atoms with Crippen LogP contribution in [0.15, 0.2) is 48.5 Å². The lowest BCUT2D eigenvalue weighted by molar-refractivity contribution is -0.134. The second-order valence-corrected chi connectivity index (χ2v) is 8.00. The van der Waals surface area contributed by atoms with E-state index in [1.807, 2.05) is 26.0 Å². The van der Waals surface area contributed by atoms with Crippen molar-refractivity contribution in [3.8, 4) is 6.07 Å². The van der Waals surface area contributed by atoms with E-state index in [4.69, 9.17) is 5.26 Å². The Morgan fingerprint density at radius 1 is 1.03 bits per heavy atom. The molecule has 1 atom stereocenters. The fourth-order valence-electron chi connectivity index (χ4n) is 3.72. The maximum Gasteiger partial charge on any atom is 0.254 e. The van der Waals surface area contributed by atoms with Crippen molar-refractivity contribution in [3.63, 3.8) is 0 Å². The highest BCUT2D eigenvalue weighted by molar-refractivity contribution is 5.97. The van der Waals surface area contributed by atoms with Crippen LogP contribution in [-0.4, -0.2) is 48.9 Å². The second-order valence-electron chi connectivity index (χ2n) is 8.00. The molecule has 162 valence electrons. The van der Waals surface area contributed by atoms with Crippen molar-refractivity contribution in [3.05, 3.63) is 65.5 Å². The first-order chi connectivity index (χ1) is 14.9. The highest BCUT2D eigenvalue weighted by atomic mass is 19.1. The summed E-state index contributed by atoms with van der Waals surface area (Å²) in [6.45, 7) is 6.30. The molecule has 31 heavy (non-hydrogen) atoms. The normalized spacial score (nSPS) is 15.2. The minimum absolute atomic E-state index is 0.0659. The monoisotopic (exact) mass is 422 g/mol. The van der Waals surface area contributed by atoms with Gasteiger partial charge in [0.25, 0.3) is 5.91 Å². The van der Waals surface area contributed by atoms with E-state index in [2.05, 4.69) is 16.3 Å². The number of nitrogens with one attached hydrogen (secondary N) is 1. The third kappa shape index (κ3) is 5.40. The summed E-state index contributed by atoms with van der Waals surface area (Å²) in [4.78, 5) is 29.8. The van der Waals surface area contributed by atoms with Gasteiger partial charge in [-0.1, -0.05) is 26.0 Å². The Morgan fingerprint density at radius 2 is 1.74 bits per heavy atom. The van der Waals surface area contributed by atoms with Crippen molar-refractivity contribution >= 4 is 17.5 Å². The Morgan fingerprint density at radius 3 is 2.39 bits per heavy atom. The molecule has 0 radical (unpaired) electrons.